The van der Waals surface area contributed by atoms with E-state index in [0.29, 0.717) is 0 Å². The summed E-state index contributed by atoms with van der Waals surface area (Å²) in [5, 5.41) is 9.74. The van der Waals surface area contributed by atoms with Gasteiger partial charge in [0.2, 0.25) is 0 Å². The molecule has 0 N–H and O–H groups in total. The molecule has 58 valence electrons. The minimum absolute atomic E-state index is 0.322. The second-order valence-corrected chi connectivity index (χ2v) is 3.46. The molecule has 0 aromatic heterocycles. The molecular formula is C5H6IO4-. The molecule has 0 radical (unpaired) electrons. The highest BCUT2D eigenvalue weighted by atomic mass is 127. The van der Waals surface area contributed by atoms with Crippen molar-refractivity contribution >= 4 is 34.5 Å². The summed E-state index contributed by atoms with van der Waals surface area (Å²) in [6.07, 6.45) is 0. The molecule has 0 spiro atoms. The first-order valence-electron chi connectivity index (χ1n) is 2.54. The first-order chi connectivity index (χ1) is 4.54. The summed E-state index contributed by atoms with van der Waals surface area (Å²) in [6.45, 7) is 0.949. The van der Waals surface area contributed by atoms with Crippen LogP contribution in [0.2, 0.25) is 0 Å². The highest BCUT2D eigenvalue weighted by Crippen LogP contribution is 1.99. The molecule has 0 saturated heterocycles. The molecule has 5 heteroatoms. The van der Waals surface area contributed by atoms with E-state index in [-0.39, 0.29) is 3.92 Å². The van der Waals surface area contributed by atoms with Crippen molar-refractivity contribution in [3.05, 3.63) is 0 Å². The van der Waals surface area contributed by atoms with Crippen LogP contribution in [0.4, 0.5) is 0 Å². The van der Waals surface area contributed by atoms with Gasteiger partial charge in [0.1, 0.15) is 10.5 Å². The zero-order valence-electron chi connectivity index (χ0n) is 5.30. The highest BCUT2D eigenvalue weighted by Gasteiger charge is 2.08. The van der Waals surface area contributed by atoms with E-state index in [9.17, 15) is 14.7 Å². The van der Waals surface area contributed by atoms with Gasteiger partial charge in [-0.1, -0.05) is 22.6 Å². The Kier molecular flexibility index (Phi) is 4.33. The molecule has 0 fully saturated rings. The predicted octanol–water partition coefficient (Wildman–Crippen LogP) is -0.897. The summed E-state index contributed by atoms with van der Waals surface area (Å²) in [6, 6.07) is 0. The molecule has 4 nitrogen and oxygen atoms in total. The van der Waals surface area contributed by atoms with Gasteiger partial charge >= 0.3 is 5.97 Å². The van der Waals surface area contributed by atoms with Crippen LogP contribution in [0.3, 0.4) is 0 Å². The normalized spacial score (nSPS) is 12.2. The fourth-order valence-electron chi connectivity index (χ4n) is 0.245. The van der Waals surface area contributed by atoms with Crippen molar-refractivity contribution in [2.45, 2.75) is 10.8 Å². The van der Waals surface area contributed by atoms with Crippen LogP contribution >= 0.6 is 22.6 Å². The van der Waals surface area contributed by atoms with Crippen LogP contribution in [0, 0.1) is 0 Å². The maximum Gasteiger partial charge on any atom is 0.318 e. The molecule has 0 saturated carbocycles. The van der Waals surface area contributed by atoms with Gasteiger partial charge < -0.3 is 14.6 Å². The number of ether oxygens (including phenoxy) is 1. The summed E-state index contributed by atoms with van der Waals surface area (Å²) in [4.78, 5) is 20.3. The lowest BCUT2D eigenvalue weighted by Gasteiger charge is -2.05. The molecule has 0 aliphatic carbocycles. The number of hydrogen-bond donors (Lipinski definition) is 0. The number of carbonyl (C=O) groups is 2. The van der Waals surface area contributed by atoms with Crippen molar-refractivity contribution < 1.29 is 19.4 Å². The molecule has 0 rings (SSSR count). The molecule has 0 aliphatic heterocycles. The van der Waals surface area contributed by atoms with E-state index in [1.807, 2.05) is 22.6 Å². The lowest BCUT2D eigenvalue weighted by atomic mass is 10.5. The predicted molar refractivity (Wildman–Crippen MR) is 39.4 cm³/mol. The Balaban J connectivity index is 3.50. The Morgan fingerprint density at radius 3 is 2.50 bits per heavy atom. The molecule has 0 heterocycles. The molecule has 1 atom stereocenters. The van der Waals surface area contributed by atoms with Crippen molar-refractivity contribution in [1.29, 1.82) is 0 Å². The zero-order valence-corrected chi connectivity index (χ0v) is 7.45. The fourth-order valence-corrected chi connectivity index (χ4v) is 0.425. The van der Waals surface area contributed by atoms with Gasteiger partial charge in [-0.15, -0.1) is 0 Å². The summed E-state index contributed by atoms with van der Waals surface area (Å²) in [5.74, 6) is -1.92. The minimum atomic E-state index is -1.38. The monoisotopic (exact) mass is 257 g/mol. The summed E-state index contributed by atoms with van der Waals surface area (Å²) in [7, 11) is 0. The number of aliphatic carboxylic acids is 1. The Morgan fingerprint density at radius 2 is 2.20 bits per heavy atom. The SMILES string of the molecule is CC(I)C(=O)OCC(=O)[O-]. The van der Waals surface area contributed by atoms with Gasteiger partial charge in [-0.2, -0.15) is 0 Å². The average Bonchev–Trinajstić information content (AvgIpc) is 1.82. The number of carboxylic acids is 1. The smallest absolute Gasteiger partial charge is 0.318 e. The van der Waals surface area contributed by atoms with E-state index in [1.165, 1.54) is 0 Å². The fraction of sp³-hybridized carbons (Fsp3) is 0.600. The summed E-state index contributed by atoms with van der Waals surface area (Å²) in [5.41, 5.74) is 0. The first-order valence-corrected chi connectivity index (χ1v) is 3.79. The quantitative estimate of drug-likeness (QED) is 0.373. The van der Waals surface area contributed by atoms with Gasteiger partial charge in [0.15, 0.2) is 0 Å². The Bertz CT molecular complexity index is 143. The van der Waals surface area contributed by atoms with Gasteiger partial charge in [0, 0.05) is 0 Å². The van der Waals surface area contributed by atoms with E-state index < -0.39 is 18.5 Å². The molecule has 0 amide bonds. The molecule has 0 bridgehead atoms. The second-order valence-electron chi connectivity index (χ2n) is 1.60. The Morgan fingerprint density at radius 1 is 1.70 bits per heavy atom. The van der Waals surface area contributed by atoms with Gasteiger partial charge in [0.05, 0.1) is 5.97 Å². The summed E-state index contributed by atoms with van der Waals surface area (Å²) >= 11 is 1.83. The van der Waals surface area contributed by atoms with Gasteiger partial charge in [-0.05, 0) is 6.92 Å². The third-order valence-electron chi connectivity index (χ3n) is 0.657. The van der Waals surface area contributed by atoms with Crippen molar-refractivity contribution in [2.75, 3.05) is 6.61 Å². The maximum atomic E-state index is 10.5. The number of carboxylic acid groups (broad SMARTS) is 1. The first kappa shape index (κ1) is 9.67. The number of alkyl halides is 1. The van der Waals surface area contributed by atoms with E-state index >= 15 is 0 Å². The zero-order chi connectivity index (χ0) is 8.15. The third-order valence-corrected chi connectivity index (χ3v) is 1.17. The van der Waals surface area contributed by atoms with Crippen molar-refractivity contribution in [3.8, 4) is 0 Å². The second kappa shape index (κ2) is 4.48. The third kappa shape index (κ3) is 4.54. The number of carbonyl (C=O) groups excluding carboxylic acids is 2. The number of hydrogen-bond acceptors (Lipinski definition) is 4. The topological polar surface area (TPSA) is 66.4 Å². The van der Waals surface area contributed by atoms with Crippen LogP contribution in [0.15, 0.2) is 0 Å². The largest absolute Gasteiger partial charge is 0.546 e. The standard InChI is InChI=1S/C5H7IO4/c1-3(6)5(9)10-2-4(7)8/h3H,2H2,1H3,(H,7,8)/p-1. The maximum absolute atomic E-state index is 10.5. The van der Waals surface area contributed by atoms with Crippen LogP contribution < -0.4 is 5.11 Å². The average molecular weight is 257 g/mol. The van der Waals surface area contributed by atoms with Crippen LogP contribution in [-0.2, 0) is 14.3 Å². The van der Waals surface area contributed by atoms with Gasteiger partial charge in [-0.3, -0.25) is 4.79 Å². The van der Waals surface area contributed by atoms with Gasteiger partial charge in [-0.25, -0.2) is 0 Å². The van der Waals surface area contributed by atoms with Crippen molar-refractivity contribution in [2.24, 2.45) is 0 Å². The van der Waals surface area contributed by atoms with Crippen LogP contribution in [0.25, 0.3) is 0 Å². The van der Waals surface area contributed by atoms with E-state index in [0.717, 1.165) is 0 Å². The molecule has 0 aromatic rings. The molecule has 0 aliphatic rings. The number of esters is 1. The Labute approximate surface area is 71.7 Å². The van der Waals surface area contributed by atoms with E-state index in [2.05, 4.69) is 4.74 Å². The van der Waals surface area contributed by atoms with Crippen molar-refractivity contribution in [3.63, 3.8) is 0 Å². The van der Waals surface area contributed by atoms with Crippen LogP contribution in [0.1, 0.15) is 6.92 Å². The van der Waals surface area contributed by atoms with E-state index in [4.69, 9.17) is 0 Å². The molecule has 0 aromatic carbocycles. The molecule has 10 heavy (non-hydrogen) atoms. The lowest BCUT2D eigenvalue weighted by molar-refractivity contribution is -0.308. The highest BCUT2D eigenvalue weighted by molar-refractivity contribution is 14.1. The Hall–Kier alpha value is -0.330. The van der Waals surface area contributed by atoms with E-state index in [1.54, 1.807) is 6.92 Å². The minimum Gasteiger partial charge on any atom is -0.546 e. The molecular weight excluding hydrogens is 251 g/mol. The number of halogens is 1. The van der Waals surface area contributed by atoms with Crippen LogP contribution in [-0.4, -0.2) is 22.5 Å². The lowest BCUT2D eigenvalue weighted by Crippen LogP contribution is -2.30. The number of rotatable bonds is 3. The van der Waals surface area contributed by atoms with Gasteiger partial charge in [0.25, 0.3) is 0 Å². The van der Waals surface area contributed by atoms with Crippen LogP contribution in [0.5, 0.6) is 0 Å². The van der Waals surface area contributed by atoms with Crippen molar-refractivity contribution in [1.82, 2.24) is 0 Å². The summed E-state index contributed by atoms with van der Waals surface area (Å²) < 4.78 is 3.93. The molecule has 1 unspecified atom stereocenters.